The van der Waals surface area contributed by atoms with E-state index in [1.807, 2.05) is 6.20 Å². The van der Waals surface area contributed by atoms with Gasteiger partial charge in [-0.25, -0.2) is 0 Å². The molecule has 0 saturated carbocycles. The quantitative estimate of drug-likeness (QED) is 0.701. The van der Waals surface area contributed by atoms with Crippen LogP contribution in [0.4, 0.5) is 0 Å². The third-order valence-corrected chi connectivity index (χ3v) is 5.47. The molecule has 2 atom stereocenters. The zero-order chi connectivity index (χ0) is 17.9. The Bertz CT molecular complexity index is 862. The van der Waals surface area contributed by atoms with E-state index in [-0.39, 0.29) is 12.4 Å². The highest BCUT2D eigenvalue weighted by molar-refractivity contribution is 5.85. The van der Waals surface area contributed by atoms with Crippen molar-refractivity contribution in [2.45, 2.75) is 19.4 Å². The van der Waals surface area contributed by atoms with E-state index in [1.54, 1.807) is 0 Å². The number of benzene rings is 2. The normalized spacial score (nSPS) is 19.8. The number of nitrogens with zero attached hydrogens (tertiary/aromatic N) is 2. The predicted octanol–water partition coefficient (Wildman–Crippen LogP) is 3.98. The zero-order valence-electron chi connectivity index (χ0n) is 15.6. The molecule has 3 N–H and O–H groups in total. The summed E-state index contributed by atoms with van der Waals surface area (Å²) in [6, 6.07) is 19.3. The van der Waals surface area contributed by atoms with Gasteiger partial charge in [-0.05, 0) is 31.0 Å². The molecule has 0 spiro atoms. The van der Waals surface area contributed by atoms with E-state index < -0.39 is 0 Å². The van der Waals surface area contributed by atoms with Crippen LogP contribution in [0.2, 0.25) is 0 Å². The lowest BCUT2D eigenvalue weighted by atomic mass is 9.89. The zero-order valence-corrected chi connectivity index (χ0v) is 16.5. The molecular formula is C22H27ClN4. The molecule has 4 rings (SSSR count). The molecule has 27 heavy (non-hydrogen) atoms. The third-order valence-electron chi connectivity index (χ3n) is 5.47. The fraction of sp³-hybridized carbons (Fsp3) is 0.318. The van der Waals surface area contributed by atoms with E-state index in [0.29, 0.717) is 11.8 Å². The molecule has 0 bridgehead atoms. The van der Waals surface area contributed by atoms with E-state index in [1.165, 1.54) is 22.3 Å². The summed E-state index contributed by atoms with van der Waals surface area (Å²) in [5, 5.41) is 7.50. The lowest BCUT2D eigenvalue weighted by Gasteiger charge is -2.17. The molecule has 4 nitrogen and oxygen atoms in total. The highest BCUT2D eigenvalue weighted by Crippen LogP contribution is 2.33. The summed E-state index contributed by atoms with van der Waals surface area (Å²) in [6.45, 7) is 5.83. The fourth-order valence-corrected chi connectivity index (χ4v) is 4.13. The lowest BCUT2D eigenvalue weighted by Crippen LogP contribution is -2.23. The molecule has 1 aliphatic heterocycles. The maximum absolute atomic E-state index is 6.09. The van der Waals surface area contributed by atoms with Gasteiger partial charge >= 0.3 is 0 Å². The Morgan fingerprint density at radius 1 is 1.11 bits per heavy atom. The molecule has 3 aromatic rings. The number of hydrogen-bond acceptors (Lipinski definition) is 3. The van der Waals surface area contributed by atoms with Crippen LogP contribution < -0.4 is 5.73 Å². The van der Waals surface area contributed by atoms with Crippen molar-refractivity contribution < 1.29 is 0 Å². The highest BCUT2D eigenvalue weighted by Gasteiger charge is 2.33. The van der Waals surface area contributed by atoms with Gasteiger partial charge in [0.15, 0.2) is 0 Å². The SMILES string of the molecule is Cc1cccc(-c2[nH]ncc2CN2C[C@@H](CN)[C@H](c3ccccc3)C2)c1.Cl. The van der Waals surface area contributed by atoms with Crippen LogP contribution in [0.1, 0.15) is 22.6 Å². The van der Waals surface area contributed by atoms with Crippen LogP contribution >= 0.6 is 12.4 Å². The van der Waals surface area contributed by atoms with Gasteiger partial charge in [0.05, 0.1) is 11.9 Å². The van der Waals surface area contributed by atoms with E-state index in [0.717, 1.165) is 31.9 Å². The maximum atomic E-state index is 6.09. The molecule has 2 heterocycles. The lowest BCUT2D eigenvalue weighted by molar-refractivity contribution is 0.317. The number of nitrogens with two attached hydrogens (primary N) is 1. The summed E-state index contributed by atoms with van der Waals surface area (Å²) in [4.78, 5) is 2.51. The molecule has 142 valence electrons. The van der Waals surface area contributed by atoms with Crippen LogP contribution in [0.25, 0.3) is 11.3 Å². The Morgan fingerprint density at radius 3 is 2.67 bits per heavy atom. The van der Waals surface area contributed by atoms with Crippen molar-refractivity contribution in [2.24, 2.45) is 11.7 Å². The van der Waals surface area contributed by atoms with Crippen molar-refractivity contribution >= 4 is 12.4 Å². The monoisotopic (exact) mass is 382 g/mol. The summed E-state index contributed by atoms with van der Waals surface area (Å²) >= 11 is 0. The van der Waals surface area contributed by atoms with Crippen LogP contribution in [-0.4, -0.2) is 34.7 Å². The number of hydrogen-bond donors (Lipinski definition) is 2. The first kappa shape index (κ1) is 19.6. The van der Waals surface area contributed by atoms with Crippen molar-refractivity contribution in [3.8, 4) is 11.3 Å². The molecule has 0 radical (unpaired) electrons. The summed E-state index contributed by atoms with van der Waals surface area (Å²) in [5.74, 6) is 1.02. The van der Waals surface area contributed by atoms with Crippen molar-refractivity contribution in [2.75, 3.05) is 19.6 Å². The molecule has 1 fully saturated rings. The Labute approximate surface area is 167 Å². The first-order valence-electron chi connectivity index (χ1n) is 9.31. The highest BCUT2D eigenvalue weighted by atomic mass is 35.5. The van der Waals surface area contributed by atoms with Gasteiger partial charge in [0.2, 0.25) is 0 Å². The van der Waals surface area contributed by atoms with Gasteiger partial charge in [-0.1, -0.05) is 54.1 Å². The van der Waals surface area contributed by atoms with E-state index in [9.17, 15) is 0 Å². The number of aryl methyl sites for hydroxylation is 1. The predicted molar refractivity (Wildman–Crippen MR) is 113 cm³/mol. The standard InChI is InChI=1S/C22H26N4.ClH/c1-16-6-5-9-18(10-16)22-20(12-24-25-22)14-26-13-19(11-23)21(15-26)17-7-3-2-4-8-17;/h2-10,12,19,21H,11,13-15,23H2,1H3,(H,24,25);1H/t19-,21+;/m1./s1. The van der Waals surface area contributed by atoms with Crippen LogP contribution in [-0.2, 0) is 6.54 Å². The second kappa shape index (κ2) is 8.70. The van der Waals surface area contributed by atoms with Crippen molar-refractivity contribution in [1.29, 1.82) is 0 Å². The fourth-order valence-electron chi connectivity index (χ4n) is 4.13. The second-order valence-corrected chi connectivity index (χ2v) is 7.35. The van der Waals surface area contributed by atoms with Crippen LogP contribution in [0.15, 0.2) is 60.8 Å². The smallest absolute Gasteiger partial charge is 0.0695 e. The largest absolute Gasteiger partial charge is 0.330 e. The summed E-state index contributed by atoms with van der Waals surface area (Å²) in [5.41, 5.74) is 12.3. The Kier molecular flexibility index (Phi) is 6.32. The van der Waals surface area contributed by atoms with Crippen molar-refractivity contribution in [1.82, 2.24) is 15.1 Å². The Morgan fingerprint density at radius 2 is 1.93 bits per heavy atom. The topological polar surface area (TPSA) is 57.9 Å². The number of nitrogens with one attached hydrogen (secondary N) is 1. The molecular weight excluding hydrogens is 356 g/mol. The third kappa shape index (κ3) is 4.24. The minimum absolute atomic E-state index is 0. The van der Waals surface area contributed by atoms with Gasteiger partial charge in [0.25, 0.3) is 0 Å². The van der Waals surface area contributed by atoms with Crippen LogP contribution in [0.5, 0.6) is 0 Å². The first-order valence-corrected chi connectivity index (χ1v) is 9.31. The Balaban J connectivity index is 0.00000210. The van der Waals surface area contributed by atoms with Crippen molar-refractivity contribution in [3.05, 3.63) is 77.5 Å². The molecule has 0 amide bonds. The Hall–Kier alpha value is -2.14. The summed E-state index contributed by atoms with van der Waals surface area (Å²) in [6.07, 6.45) is 1.96. The van der Waals surface area contributed by atoms with E-state index in [2.05, 4.69) is 76.6 Å². The molecule has 0 unspecified atom stereocenters. The number of likely N-dealkylation sites (tertiary alicyclic amines) is 1. The maximum Gasteiger partial charge on any atom is 0.0695 e. The molecule has 0 aliphatic carbocycles. The average molecular weight is 383 g/mol. The molecule has 1 aliphatic rings. The number of rotatable bonds is 5. The minimum atomic E-state index is 0. The average Bonchev–Trinajstić information content (AvgIpc) is 3.29. The summed E-state index contributed by atoms with van der Waals surface area (Å²) < 4.78 is 0. The second-order valence-electron chi connectivity index (χ2n) is 7.35. The van der Waals surface area contributed by atoms with Crippen molar-refractivity contribution in [3.63, 3.8) is 0 Å². The van der Waals surface area contributed by atoms with E-state index in [4.69, 9.17) is 5.73 Å². The molecule has 5 heteroatoms. The molecule has 2 aromatic carbocycles. The number of aromatic amines is 1. The van der Waals surface area contributed by atoms with Gasteiger partial charge in [-0.2, -0.15) is 5.10 Å². The molecule has 1 saturated heterocycles. The van der Waals surface area contributed by atoms with Gasteiger partial charge < -0.3 is 5.73 Å². The van der Waals surface area contributed by atoms with E-state index >= 15 is 0 Å². The minimum Gasteiger partial charge on any atom is -0.330 e. The van der Waals surface area contributed by atoms with Gasteiger partial charge in [0.1, 0.15) is 0 Å². The van der Waals surface area contributed by atoms with Gasteiger partial charge in [-0.3, -0.25) is 10.00 Å². The number of H-pyrrole nitrogens is 1. The van der Waals surface area contributed by atoms with Gasteiger partial charge in [-0.15, -0.1) is 12.4 Å². The van der Waals surface area contributed by atoms with Crippen LogP contribution in [0, 0.1) is 12.8 Å². The van der Waals surface area contributed by atoms with Crippen LogP contribution in [0.3, 0.4) is 0 Å². The molecule has 1 aromatic heterocycles. The number of aromatic nitrogens is 2. The first-order chi connectivity index (χ1) is 12.7. The van der Waals surface area contributed by atoms with Gasteiger partial charge in [0, 0.05) is 36.7 Å². The number of halogens is 1. The summed E-state index contributed by atoms with van der Waals surface area (Å²) in [7, 11) is 0.